The molecule has 1 heterocycles. The zero-order valence-corrected chi connectivity index (χ0v) is 12.8. The Balaban J connectivity index is 0.00000135. The number of aliphatic hydroxyl groups is 2. The molecule has 3 atom stereocenters. The number of hydrogen-bond donors (Lipinski definition) is 3. The maximum absolute atomic E-state index is 13.7. The van der Waals surface area contributed by atoms with Crippen LogP contribution in [-0.4, -0.2) is 65.7 Å². The van der Waals surface area contributed by atoms with Crippen LogP contribution in [0.15, 0.2) is 12.0 Å². The van der Waals surface area contributed by atoms with Gasteiger partial charge in [-0.05, 0) is 13.8 Å². The lowest BCUT2D eigenvalue weighted by Gasteiger charge is -2.26. The fraction of sp³-hybridized carbons (Fsp3) is 0.692. The smallest absolute Gasteiger partial charge is 0.287 e. The predicted molar refractivity (Wildman–Crippen MR) is 73.8 cm³/mol. The van der Waals surface area contributed by atoms with Gasteiger partial charge in [-0.25, -0.2) is 4.39 Å². The topological polar surface area (TPSA) is 99.1 Å². The van der Waals surface area contributed by atoms with E-state index in [4.69, 9.17) is 14.9 Å². The molecule has 1 aliphatic rings. The number of carbonyl (C=O) groups excluding carboxylic acids is 2. The molecule has 1 saturated heterocycles. The molecule has 0 radical (unpaired) electrons. The highest BCUT2D eigenvalue weighted by Gasteiger charge is 2.45. The first-order chi connectivity index (χ1) is 10.2. The molecule has 2 amide bonds. The molecule has 9 heteroatoms. The van der Waals surface area contributed by atoms with Gasteiger partial charge in [0.1, 0.15) is 6.17 Å². The normalized spacial score (nSPS) is 27.7. The van der Waals surface area contributed by atoms with Crippen molar-refractivity contribution < 1.29 is 33.3 Å². The molecule has 0 spiro atoms. The van der Waals surface area contributed by atoms with Crippen LogP contribution in [0.25, 0.3) is 0 Å². The number of rotatable bonds is 5. The average molecular weight is 324 g/mol. The highest BCUT2D eigenvalue weighted by atomic mass is 19.1. The summed E-state index contributed by atoms with van der Waals surface area (Å²) in [6.45, 7) is 3.10. The zero-order valence-electron chi connectivity index (χ0n) is 12.8. The fourth-order valence-corrected chi connectivity index (χ4v) is 1.80. The van der Waals surface area contributed by atoms with Gasteiger partial charge in [-0.2, -0.15) is 4.39 Å². The lowest BCUT2D eigenvalue weighted by atomic mass is 10.0. The number of nitrogens with one attached hydrogen (secondary N) is 1. The van der Waals surface area contributed by atoms with Crippen LogP contribution in [0, 0.1) is 0 Å². The number of amides is 2. The maximum atomic E-state index is 13.7. The first-order valence-corrected chi connectivity index (χ1v) is 6.62. The van der Waals surface area contributed by atoms with Gasteiger partial charge in [0.05, 0.1) is 12.2 Å². The van der Waals surface area contributed by atoms with Crippen molar-refractivity contribution in [2.45, 2.75) is 38.3 Å². The van der Waals surface area contributed by atoms with E-state index in [0.29, 0.717) is 0 Å². The minimum Gasteiger partial charge on any atom is -0.397 e. The highest BCUT2D eigenvalue weighted by Crippen LogP contribution is 2.33. The summed E-state index contributed by atoms with van der Waals surface area (Å²) in [6.07, 6.45) is -1.79. The molecule has 1 aliphatic heterocycles. The second-order valence-corrected chi connectivity index (χ2v) is 4.89. The summed E-state index contributed by atoms with van der Waals surface area (Å²) >= 11 is 0. The SMILES string of the molecule is CCO.CN(/C=C(/F)C(=O)NC=O)C1OC(C)(CO)CC1F. The maximum Gasteiger partial charge on any atom is 0.287 e. The molecule has 0 bridgehead atoms. The van der Waals surface area contributed by atoms with E-state index in [0.717, 1.165) is 11.1 Å². The molecule has 1 fully saturated rings. The molecule has 3 unspecified atom stereocenters. The van der Waals surface area contributed by atoms with E-state index in [1.165, 1.54) is 14.0 Å². The molecule has 0 aliphatic carbocycles. The third-order valence-electron chi connectivity index (χ3n) is 2.80. The zero-order chi connectivity index (χ0) is 17.3. The third-order valence-corrected chi connectivity index (χ3v) is 2.80. The van der Waals surface area contributed by atoms with E-state index in [1.807, 2.05) is 0 Å². The van der Waals surface area contributed by atoms with E-state index in [1.54, 1.807) is 12.2 Å². The number of nitrogens with zero attached hydrogens (tertiary/aromatic N) is 1. The Kier molecular flexibility index (Phi) is 8.76. The lowest BCUT2D eigenvalue weighted by Crippen LogP contribution is -2.36. The van der Waals surface area contributed by atoms with Gasteiger partial charge in [0, 0.05) is 26.3 Å². The first-order valence-electron chi connectivity index (χ1n) is 6.62. The molecule has 0 aromatic carbocycles. The molecule has 1 rings (SSSR count). The fourth-order valence-electron chi connectivity index (χ4n) is 1.80. The predicted octanol–water partition coefficient (Wildman–Crippen LogP) is -0.164. The number of imide groups is 1. The van der Waals surface area contributed by atoms with Gasteiger partial charge < -0.3 is 19.8 Å². The van der Waals surface area contributed by atoms with Crippen molar-refractivity contribution in [2.75, 3.05) is 20.3 Å². The summed E-state index contributed by atoms with van der Waals surface area (Å²) in [5.74, 6) is -2.47. The van der Waals surface area contributed by atoms with E-state index in [2.05, 4.69) is 0 Å². The van der Waals surface area contributed by atoms with Crippen LogP contribution in [0.3, 0.4) is 0 Å². The van der Waals surface area contributed by atoms with Crippen molar-refractivity contribution in [1.29, 1.82) is 0 Å². The summed E-state index contributed by atoms with van der Waals surface area (Å²) in [6, 6.07) is 0. The van der Waals surface area contributed by atoms with E-state index < -0.39 is 29.7 Å². The molecule has 128 valence electrons. The van der Waals surface area contributed by atoms with Gasteiger partial charge in [0.2, 0.25) is 12.2 Å². The van der Waals surface area contributed by atoms with Crippen molar-refractivity contribution >= 4 is 12.3 Å². The molecular weight excluding hydrogens is 302 g/mol. The van der Waals surface area contributed by atoms with Crippen LogP contribution in [0.4, 0.5) is 8.78 Å². The Morgan fingerprint density at radius 3 is 2.50 bits per heavy atom. The number of carbonyl (C=O) groups is 2. The second kappa shape index (κ2) is 9.44. The van der Waals surface area contributed by atoms with Gasteiger partial charge in [-0.1, -0.05) is 0 Å². The Bertz CT molecular complexity index is 408. The van der Waals surface area contributed by atoms with Crippen molar-refractivity contribution in [3.63, 3.8) is 0 Å². The monoisotopic (exact) mass is 324 g/mol. The van der Waals surface area contributed by atoms with Crippen molar-refractivity contribution in [3.8, 4) is 0 Å². The number of ether oxygens (including phenoxy) is 1. The molecule has 0 aromatic rings. The van der Waals surface area contributed by atoms with Gasteiger partial charge >= 0.3 is 0 Å². The lowest BCUT2D eigenvalue weighted by molar-refractivity contribution is -0.124. The van der Waals surface area contributed by atoms with Crippen LogP contribution < -0.4 is 5.32 Å². The molecular formula is C13H22F2N2O5. The van der Waals surface area contributed by atoms with E-state index in [9.17, 15) is 18.4 Å². The standard InChI is InChI=1S/C11H16F2N2O4.C2H6O/c1-11(5-16)3-7(12)10(19-11)15(2)4-8(13)9(18)14-6-17;1-2-3/h4,6-7,10,16H,3,5H2,1-2H3,(H,14,17,18);3H,2H2,1H3/b8-4+;. The third kappa shape index (κ3) is 6.04. The summed E-state index contributed by atoms with van der Waals surface area (Å²) < 4.78 is 32.3. The molecule has 22 heavy (non-hydrogen) atoms. The van der Waals surface area contributed by atoms with Crippen LogP contribution in [0.5, 0.6) is 0 Å². The Morgan fingerprint density at radius 2 is 2.09 bits per heavy atom. The molecule has 0 saturated carbocycles. The quantitative estimate of drug-likeness (QED) is 0.480. The van der Waals surface area contributed by atoms with E-state index >= 15 is 0 Å². The first kappa shape index (κ1) is 20.4. The summed E-state index contributed by atoms with van der Waals surface area (Å²) in [7, 11) is 1.33. The van der Waals surface area contributed by atoms with Crippen LogP contribution in [-0.2, 0) is 14.3 Å². The summed E-state index contributed by atoms with van der Waals surface area (Å²) in [5.41, 5.74) is -1.03. The van der Waals surface area contributed by atoms with E-state index in [-0.39, 0.29) is 26.0 Å². The number of aliphatic hydroxyl groups excluding tert-OH is 2. The molecule has 3 N–H and O–H groups in total. The van der Waals surface area contributed by atoms with Gasteiger partial charge in [0.25, 0.3) is 5.91 Å². The summed E-state index contributed by atoms with van der Waals surface area (Å²) in [4.78, 5) is 22.0. The Morgan fingerprint density at radius 1 is 1.55 bits per heavy atom. The average Bonchev–Trinajstić information content (AvgIpc) is 2.76. The largest absolute Gasteiger partial charge is 0.397 e. The second-order valence-electron chi connectivity index (χ2n) is 4.89. The van der Waals surface area contributed by atoms with Gasteiger partial charge in [-0.3, -0.25) is 14.9 Å². The summed E-state index contributed by atoms with van der Waals surface area (Å²) in [5, 5.41) is 18.3. The minimum atomic E-state index is -1.43. The number of hydrogen-bond acceptors (Lipinski definition) is 6. The Labute approximate surface area is 127 Å². The molecule has 0 aromatic heterocycles. The number of halogens is 2. The van der Waals surface area contributed by atoms with Gasteiger partial charge in [-0.15, -0.1) is 0 Å². The highest BCUT2D eigenvalue weighted by molar-refractivity contribution is 5.97. The minimum absolute atomic E-state index is 0.0332. The number of alkyl halides is 1. The van der Waals surface area contributed by atoms with Crippen LogP contribution in [0.2, 0.25) is 0 Å². The van der Waals surface area contributed by atoms with Crippen molar-refractivity contribution in [2.24, 2.45) is 0 Å². The molecule has 7 nitrogen and oxygen atoms in total. The van der Waals surface area contributed by atoms with Crippen molar-refractivity contribution in [1.82, 2.24) is 10.2 Å². The van der Waals surface area contributed by atoms with Crippen molar-refractivity contribution in [3.05, 3.63) is 12.0 Å². The Hall–Kier alpha value is -1.58. The van der Waals surface area contributed by atoms with Crippen LogP contribution in [0.1, 0.15) is 20.3 Å². The van der Waals surface area contributed by atoms with Crippen LogP contribution >= 0.6 is 0 Å². The van der Waals surface area contributed by atoms with Gasteiger partial charge in [0.15, 0.2) is 6.23 Å².